The van der Waals surface area contributed by atoms with Crippen molar-refractivity contribution in [2.24, 2.45) is 5.41 Å². The Hall–Kier alpha value is -2.83. The van der Waals surface area contributed by atoms with E-state index in [-0.39, 0.29) is 5.41 Å². The monoisotopic (exact) mass is 387 g/mol. The summed E-state index contributed by atoms with van der Waals surface area (Å²) in [7, 11) is 0. The standard InChI is InChI=1S/C21H26FN3O3/c1-20(2,3)25(19(26)27)12-21(8-9-21)13-28-16-10-17(18(22)24-11-16)14-4-6-15(23)7-5-14/h4-7,10-11H,8-9,12-13,23H2,1-3H3,(H,26,27). The average Bonchev–Trinajstić information content (AvgIpc) is 3.39. The molecule has 0 saturated heterocycles. The lowest BCUT2D eigenvalue weighted by atomic mass is 10.0. The predicted octanol–water partition coefficient (Wildman–Crippen LogP) is 4.41. The van der Waals surface area contributed by atoms with Gasteiger partial charge in [-0.25, -0.2) is 9.78 Å². The zero-order chi connectivity index (χ0) is 20.5. The summed E-state index contributed by atoms with van der Waals surface area (Å²) in [5.41, 5.74) is 6.59. The van der Waals surface area contributed by atoms with Gasteiger partial charge in [-0.2, -0.15) is 4.39 Å². The Balaban J connectivity index is 1.72. The van der Waals surface area contributed by atoms with Crippen molar-refractivity contribution < 1.29 is 19.0 Å². The van der Waals surface area contributed by atoms with Gasteiger partial charge >= 0.3 is 6.09 Å². The van der Waals surface area contributed by atoms with E-state index in [1.165, 1.54) is 11.1 Å². The zero-order valence-corrected chi connectivity index (χ0v) is 16.4. The first-order chi connectivity index (χ1) is 13.1. The van der Waals surface area contributed by atoms with Gasteiger partial charge in [0.25, 0.3) is 0 Å². The molecule has 3 rings (SSSR count). The van der Waals surface area contributed by atoms with Crippen LogP contribution in [0.3, 0.4) is 0 Å². The fourth-order valence-electron chi connectivity index (χ4n) is 3.06. The van der Waals surface area contributed by atoms with Crippen molar-refractivity contribution in [3.8, 4) is 16.9 Å². The van der Waals surface area contributed by atoms with Crippen LogP contribution in [-0.2, 0) is 0 Å². The van der Waals surface area contributed by atoms with E-state index in [9.17, 15) is 14.3 Å². The van der Waals surface area contributed by atoms with Crippen LogP contribution in [0, 0.1) is 11.4 Å². The van der Waals surface area contributed by atoms with Gasteiger partial charge in [0.15, 0.2) is 0 Å². The molecule has 0 bridgehead atoms. The van der Waals surface area contributed by atoms with Gasteiger partial charge in [0.1, 0.15) is 5.75 Å². The lowest BCUT2D eigenvalue weighted by Crippen LogP contribution is -2.48. The molecule has 1 aromatic carbocycles. The summed E-state index contributed by atoms with van der Waals surface area (Å²) in [6.45, 7) is 6.40. The van der Waals surface area contributed by atoms with E-state index in [4.69, 9.17) is 10.5 Å². The van der Waals surface area contributed by atoms with Crippen molar-refractivity contribution in [1.29, 1.82) is 0 Å². The van der Waals surface area contributed by atoms with E-state index in [0.717, 1.165) is 12.8 Å². The Kier molecular flexibility index (Phi) is 5.19. The maximum Gasteiger partial charge on any atom is 0.407 e. The molecular weight excluding hydrogens is 361 g/mol. The van der Waals surface area contributed by atoms with E-state index >= 15 is 0 Å². The number of anilines is 1. The van der Waals surface area contributed by atoms with Gasteiger partial charge in [-0.05, 0) is 57.4 Å². The second kappa shape index (κ2) is 7.30. The van der Waals surface area contributed by atoms with Crippen LogP contribution in [0.2, 0.25) is 0 Å². The minimum absolute atomic E-state index is 0.207. The van der Waals surface area contributed by atoms with Crippen molar-refractivity contribution in [2.45, 2.75) is 39.2 Å². The number of hydrogen-bond donors (Lipinski definition) is 2. The van der Waals surface area contributed by atoms with Gasteiger partial charge in [-0.15, -0.1) is 0 Å². The number of rotatable bonds is 6. The van der Waals surface area contributed by atoms with E-state index in [0.29, 0.717) is 35.7 Å². The number of carbonyl (C=O) groups is 1. The first kappa shape index (κ1) is 19.9. The van der Waals surface area contributed by atoms with E-state index in [1.54, 1.807) is 30.3 Å². The molecule has 0 unspecified atom stereocenters. The second-order valence-corrected chi connectivity index (χ2v) is 8.46. The summed E-state index contributed by atoms with van der Waals surface area (Å²) in [5.74, 6) is -0.125. The van der Waals surface area contributed by atoms with Crippen LogP contribution in [0.1, 0.15) is 33.6 Å². The molecule has 1 amide bonds. The SMILES string of the molecule is CC(C)(C)N(CC1(COc2cnc(F)c(-c3ccc(N)cc3)c2)CC1)C(=O)O. The molecule has 1 heterocycles. The van der Waals surface area contributed by atoms with Crippen molar-refractivity contribution in [1.82, 2.24) is 9.88 Å². The molecule has 0 atom stereocenters. The summed E-state index contributed by atoms with van der Waals surface area (Å²) in [6.07, 6.45) is 2.21. The predicted molar refractivity (Wildman–Crippen MR) is 106 cm³/mol. The third-order valence-corrected chi connectivity index (χ3v) is 5.07. The number of ether oxygens (including phenoxy) is 1. The van der Waals surface area contributed by atoms with Gasteiger partial charge in [0.05, 0.1) is 12.8 Å². The number of hydrogen-bond acceptors (Lipinski definition) is 4. The van der Waals surface area contributed by atoms with Crippen LogP contribution in [0.25, 0.3) is 11.1 Å². The molecule has 1 aromatic heterocycles. The van der Waals surface area contributed by atoms with Crippen molar-refractivity contribution in [3.63, 3.8) is 0 Å². The third-order valence-electron chi connectivity index (χ3n) is 5.07. The number of amides is 1. The molecule has 0 spiro atoms. The zero-order valence-electron chi connectivity index (χ0n) is 16.4. The van der Waals surface area contributed by atoms with Gasteiger partial charge in [0.2, 0.25) is 5.95 Å². The normalized spacial score (nSPS) is 15.1. The summed E-state index contributed by atoms with van der Waals surface area (Å²) in [4.78, 5) is 16.9. The van der Waals surface area contributed by atoms with Crippen LogP contribution in [-0.4, -0.2) is 39.8 Å². The molecule has 2 aromatic rings. The fraction of sp³-hybridized carbons (Fsp3) is 0.429. The molecule has 3 N–H and O–H groups in total. The minimum atomic E-state index is -0.937. The number of benzene rings is 1. The largest absolute Gasteiger partial charge is 0.491 e. The molecule has 7 heteroatoms. The summed E-state index contributed by atoms with van der Waals surface area (Å²) >= 11 is 0. The van der Waals surface area contributed by atoms with Gasteiger partial charge in [0, 0.05) is 28.7 Å². The van der Waals surface area contributed by atoms with Crippen LogP contribution in [0.4, 0.5) is 14.9 Å². The number of nitrogens with zero attached hydrogens (tertiary/aromatic N) is 2. The molecular formula is C21H26FN3O3. The number of halogens is 1. The van der Waals surface area contributed by atoms with E-state index < -0.39 is 17.6 Å². The number of nitrogen functional groups attached to an aromatic ring is 1. The maximum atomic E-state index is 14.2. The Bertz CT molecular complexity index is 858. The highest BCUT2D eigenvalue weighted by molar-refractivity contribution is 5.67. The first-order valence-corrected chi connectivity index (χ1v) is 9.25. The summed E-state index contributed by atoms with van der Waals surface area (Å²) < 4.78 is 20.1. The maximum absolute atomic E-state index is 14.2. The number of pyridine rings is 1. The van der Waals surface area contributed by atoms with Gasteiger partial charge in [-0.3, -0.25) is 0 Å². The number of carboxylic acid groups (broad SMARTS) is 1. The molecule has 0 radical (unpaired) electrons. The molecule has 150 valence electrons. The lowest BCUT2D eigenvalue weighted by Gasteiger charge is -2.36. The Morgan fingerprint density at radius 2 is 1.96 bits per heavy atom. The smallest absolute Gasteiger partial charge is 0.407 e. The van der Waals surface area contributed by atoms with Crippen molar-refractivity contribution >= 4 is 11.8 Å². The summed E-state index contributed by atoms with van der Waals surface area (Å²) in [6, 6.07) is 8.48. The molecule has 28 heavy (non-hydrogen) atoms. The topological polar surface area (TPSA) is 88.7 Å². The molecule has 0 aliphatic heterocycles. The highest BCUT2D eigenvalue weighted by Crippen LogP contribution is 2.47. The van der Waals surface area contributed by atoms with Crippen LogP contribution >= 0.6 is 0 Å². The van der Waals surface area contributed by atoms with E-state index in [2.05, 4.69) is 4.98 Å². The number of nitrogens with two attached hydrogens (primary N) is 1. The van der Waals surface area contributed by atoms with E-state index in [1.807, 2.05) is 20.8 Å². The molecule has 1 saturated carbocycles. The quantitative estimate of drug-likeness (QED) is 0.566. The van der Waals surface area contributed by atoms with Crippen LogP contribution in [0.5, 0.6) is 5.75 Å². The molecule has 1 aliphatic rings. The Labute approximate surface area is 164 Å². The average molecular weight is 387 g/mol. The lowest BCUT2D eigenvalue weighted by molar-refractivity contribution is 0.0746. The van der Waals surface area contributed by atoms with Crippen molar-refractivity contribution in [3.05, 3.63) is 42.5 Å². The van der Waals surface area contributed by atoms with Crippen molar-refractivity contribution in [2.75, 3.05) is 18.9 Å². The van der Waals surface area contributed by atoms with Gasteiger partial charge < -0.3 is 20.5 Å². The summed E-state index contributed by atoms with van der Waals surface area (Å²) in [5, 5.41) is 9.52. The number of aromatic nitrogens is 1. The second-order valence-electron chi connectivity index (χ2n) is 8.46. The minimum Gasteiger partial charge on any atom is -0.491 e. The molecule has 1 fully saturated rings. The molecule has 1 aliphatic carbocycles. The highest BCUT2D eigenvalue weighted by Gasteiger charge is 2.47. The fourth-order valence-corrected chi connectivity index (χ4v) is 3.06. The Morgan fingerprint density at radius 3 is 2.50 bits per heavy atom. The third kappa shape index (κ3) is 4.52. The van der Waals surface area contributed by atoms with Crippen LogP contribution < -0.4 is 10.5 Å². The van der Waals surface area contributed by atoms with Crippen LogP contribution in [0.15, 0.2) is 36.5 Å². The highest BCUT2D eigenvalue weighted by atomic mass is 19.1. The first-order valence-electron chi connectivity index (χ1n) is 9.25. The van der Waals surface area contributed by atoms with Gasteiger partial charge in [-0.1, -0.05) is 12.1 Å². The Morgan fingerprint density at radius 1 is 1.32 bits per heavy atom. The molecule has 6 nitrogen and oxygen atoms in total.